The normalized spacial score (nSPS) is 16.0. The Morgan fingerprint density at radius 1 is 0.841 bits per heavy atom. The highest BCUT2D eigenvalue weighted by Crippen LogP contribution is 2.33. The van der Waals surface area contributed by atoms with E-state index in [-0.39, 0.29) is 22.3 Å². The number of carbonyl (C=O) groups is 2. The molecule has 44 heavy (non-hydrogen) atoms. The number of rotatable bonds is 8. The van der Waals surface area contributed by atoms with Crippen LogP contribution in [0.4, 0.5) is 22.7 Å². The standard InChI is InChI=1S/C34H33N5O4S/c1-23-6-3-4-9-32(23)44(42,43)37-27-8-5-7-24(20-27)33(40)25-10-15-29-30(34(41)36-31(29)21-25)22-35-26-11-13-28(14-12-26)39-18-16-38(2)17-19-39/h3-15,20-22,35,37H,16-19H2,1-2H3,(H,36,41). The first kappa shape index (κ1) is 29.2. The Kier molecular flexibility index (Phi) is 7.94. The molecule has 0 saturated carbocycles. The summed E-state index contributed by atoms with van der Waals surface area (Å²) in [6.07, 6.45) is 1.68. The van der Waals surface area contributed by atoms with Crippen LogP contribution in [0.15, 0.2) is 102 Å². The highest BCUT2D eigenvalue weighted by Gasteiger charge is 2.26. The Labute approximate surface area is 257 Å². The van der Waals surface area contributed by atoms with Crippen LogP contribution < -0.4 is 20.3 Å². The summed E-state index contributed by atoms with van der Waals surface area (Å²) in [6, 6.07) is 26.3. The summed E-state index contributed by atoms with van der Waals surface area (Å²) in [4.78, 5) is 31.1. The number of hydrogen-bond donors (Lipinski definition) is 3. The molecule has 1 saturated heterocycles. The van der Waals surface area contributed by atoms with Crippen LogP contribution in [0.1, 0.15) is 27.0 Å². The monoisotopic (exact) mass is 607 g/mol. The van der Waals surface area contributed by atoms with E-state index in [4.69, 9.17) is 0 Å². The third kappa shape index (κ3) is 6.08. The van der Waals surface area contributed by atoms with Gasteiger partial charge in [-0.1, -0.05) is 42.5 Å². The molecule has 0 atom stereocenters. The molecule has 4 aromatic carbocycles. The molecule has 0 radical (unpaired) electrons. The lowest BCUT2D eigenvalue weighted by molar-refractivity contribution is -0.110. The maximum Gasteiger partial charge on any atom is 0.262 e. The number of ketones is 1. The van der Waals surface area contributed by atoms with E-state index in [2.05, 4.69) is 44.3 Å². The van der Waals surface area contributed by atoms with Gasteiger partial charge in [-0.2, -0.15) is 0 Å². The summed E-state index contributed by atoms with van der Waals surface area (Å²) >= 11 is 0. The van der Waals surface area contributed by atoms with Gasteiger partial charge in [-0.25, -0.2) is 8.42 Å². The zero-order valence-corrected chi connectivity index (χ0v) is 25.3. The van der Waals surface area contributed by atoms with Crippen LogP contribution in [-0.4, -0.2) is 58.2 Å². The first-order valence-electron chi connectivity index (χ1n) is 14.4. The lowest BCUT2D eigenvalue weighted by atomic mass is 9.99. The van der Waals surface area contributed by atoms with Gasteiger partial charge in [-0.05, 0) is 68.1 Å². The number of hydrogen-bond acceptors (Lipinski definition) is 7. The van der Waals surface area contributed by atoms with E-state index in [9.17, 15) is 18.0 Å². The first-order valence-corrected chi connectivity index (χ1v) is 15.9. The van der Waals surface area contributed by atoms with Crippen molar-refractivity contribution in [3.8, 4) is 0 Å². The zero-order chi connectivity index (χ0) is 30.8. The average molecular weight is 608 g/mol. The van der Waals surface area contributed by atoms with Gasteiger partial charge in [0.15, 0.2) is 5.78 Å². The van der Waals surface area contributed by atoms with Crippen molar-refractivity contribution in [1.29, 1.82) is 0 Å². The molecule has 0 aliphatic carbocycles. The number of carbonyl (C=O) groups excluding carboxylic acids is 2. The highest BCUT2D eigenvalue weighted by molar-refractivity contribution is 7.92. The van der Waals surface area contributed by atoms with E-state index in [1.54, 1.807) is 67.7 Å². The average Bonchev–Trinajstić information content (AvgIpc) is 3.34. The summed E-state index contributed by atoms with van der Waals surface area (Å²) in [6.45, 7) is 5.79. The number of benzene rings is 4. The molecule has 2 aliphatic heterocycles. The summed E-state index contributed by atoms with van der Waals surface area (Å²) < 4.78 is 28.5. The van der Waals surface area contributed by atoms with Crippen molar-refractivity contribution < 1.29 is 18.0 Å². The molecule has 9 nitrogen and oxygen atoms in total. The number of sulfonamides is 1. The van der Waals surface area contributed by atoms with E-state index >= 15 is 0 Å². The number of nitrogens with zero attached hydrogens (tertiary/aromatic N) is 2. The second-order valence-electron chi connectivity index (χ2n) is 11.0. The van der Waals surface area contributed by atoms with E-state index < -0.39 is 10.0 Å². The number of anilines is 4. The summed E-state index contributed by atoms with van der Waals surface area (Å²) in [7, 11) is -1.70. The van der Waals surface area contributed by atoms with Crippen molar-refractivity contribution in [2.24, 2.45) is 0 Å². The van der Waals surface area contributed by atoms with Gasteiger partial charge in [-0.15, -0.1) is 0 Å². The van der Waals surface area contributed by atoms with Gasteiger partial charge < -0.3 is 20.4 Å². The lowest BCUT2D eigenvalue weighted by Gasteiger charge is -2.34. The van der Waals surface area contributed by atoms with Gasteiger partial charge in [0.05, 0.1) is 10.5 Å². The van der Waals surface area contributed by atoms with Crippen LogP contribution in [0.3, 0.4) is 0 Å². The van der Waals surface area contributed by atoms with Gasteiger partial charge in [0.25, 0.3) is 15.9 Å². The van der Waals surface area contributed by atoms with Gasteiger partial charge in [0.2, 0.25) is 0 Å². The van der Waals surface area contributed by atoms with Crippen LogP contribution >= 0.6 is 0 Å². The molecule has 224 valence electrons. The molecular weight excluding hydrogens is 574 g/mol. The van der Waals surface area contributed by atoms with Gasteiger partial charge >= 0.3 is 0 Å². The Morgan fingerprint density at radius 3 is 2.32 bits per heavy atom. The van der Waals surface area contributed by atoms with Gasteiger partial charge in [-0.3, -0.25) is 14.3 Å². The Morgan fingerprint density at radius 2 is 1.57 bits per heavy atom. The second kappa shape index (κ2) is 12.0. The largest absolute Gasteiger partial charge is 0.369 e. The number of aryl methyl sites for hydroxylation is 1. The minimum absolute atomic E-state index is 0.173. The second-order valence-corrected chi connectivity index (χ2v) is 12.7. The van der Waals surface area contributed by atoms with Crippen molar-refractivity contribution >= 4 is 50.0 Å². The van der Waals surface area contributed by atoms with Crippen LogP contribution in [0.2, 0.25) is 0 Å². The molecule has 0 bridgehead atoms. The van der Waals surface area contributed by atoms with Crippen LogP contribution in [-0.2, 0) is 14.8 Å². The van der Waals surface area contributed by atoms with E-state index in [0.717, 1.165) is 31.9 Å². The maximum absolute atomic E-state index is 13.4. The highest BCUT2D eigenvalue weighted by atomic mass is 32.2. The molecule has 6 rings (SSSR count). The predicted molar refractivity (Wildman–Crippen MR) is 175 cm³/mol. The minimum atomic E-state index is -3.83. The predicted octanol–water partition coefficient (Wildman–Crippen LogP) is 5.18. The molecule has 3 N–H and O–H groups in total. The molecule has 0 aromatic heterocycles. The summed E-state index contributed by atoms with van der Waals surface area (Å²) in [5, 5.41) is 6.08. The molecular formula is C34H33N5O4S. The van der Waals surface area contributed by atoms with E-state index in [1.807, 2.05) is 12.1 Å². The minimum Gasteiger partial charge on any atom is -0.369 e. The number of amides is 1. The number of nitrogens with one attached hydrogen (secondary N) is 3. The smallest absolute Gasteiger partial charge is 0.262 e. The van der Waals surface area contributed by atoms with Crippen LogP contribution in [0.25, 0.3) is 5.57 Å². The number of piperazine rings is 1. The third-order valence-corrected chi connectivity index (χ3v) is 9.49. The quantitative estimate of drug-likeness (QED) is 0.187. The molecule has 0 unspecified atom stereocenters. The molecule has 0 spiro atoms. The SMILES string of the molecule is Cc1ccccc1S(=O)(=O)Nc1cccc(C(=O)c2ccc3c(c2)NC(=O)C3=CNc2ccc(N3CCN(C)CC3)cc2)c1. The van der Waals surface area contributed by atoms with Crippen molar-refractivity contribution in [1.82, 2.24) is 4.90 Å². The Hall–Kier alpha value is -4.93. The molecule has 4 aromatic rings. The Bertz CT molecular complexity index is 1880. The molecule has 10 heteroatoms. The van der Waals surface area contributed by atoms with Gasteiger partial charge in [0.1, 0.15) is 0 Å². The fourth-order valence-electron chi connectivity index (χ4n) is 5.43. The third-order valence-electron chi connectivity index (χ3n) is 7.94. The maximum atomic E-state index is 13.4. The molecule has 1 fully saturated rings. The number of likely N-dealkylation sites (N-methyl/N-ethyl adjacent to an activating group) is 1. The van der Waals surface area contributed by atoms with Gasteiger partial charge in [0, 0.05) is 71.8 Å². The topological polar surface area (TPSA) is 111 Å². The summed E-state index contributed by atoms with van der Waals surface area (Å²) in [5.74, 6) is -0.561. The summed E-state index contributed by atoms with van der Waals surface area (Å²) in [5.41, 5.74) is 5.32. The van der Waals surface area contributed by atoms with Crippen molar-refractivity contribution in [2.45, 2.75) is 11.8 Å². The fraction of sp³-hybridized carbons (Fsp3) is 0.176. The van der Waals surface area contributed by atoms with E-state index in [0.29, 0.717) is 33.5 Å². The molecule has 2 aliphatic rings. The first-order chi connectivity index (χ1) is 21.2. The van der Waals surface area contributed by atoms with Crippen LogP contribution in [0, 0.1) is 6.92 Å². The molecule has 1 amide bonds. The fourth-order valence-corrected chi connectivity index (χ4v) is 6.72. The van der Waals surface area contributed by atoms with Crippen LogP contribution in [0.5, 0.6) is 0 Å². The molecule has 2 heterocycles. The van der Waals surface area contributed by atoms with Crippen molar-refractivity contribution in [3.05, 3.63) is 119 Å². The van der Waals surface area contributed by atoms with Crippen molar-refractivity contribution in [2.75, 3.05) is 53.5 Å². The van der Waals surface area contributed by atoms with E-state index in [1.165, 1.54) is 17.8 Å². The Balaban J connectivity index is 1.16. The zero-order valence-electron chi connectivity index (χ0n) is 24.5. The van der Waals surface area contributed by atoms with Crippen molar-refractivity contribution in [3.63, 3.8) is 0 Å². The lowest BCUT2D eigenvalue weighted by Crippen LogP contribution is -2.44. The number of fused-ring (bicyclic) bond motifs is 1.